The lowest BCUT2D eigenvalue weighted by atomic mass is 9.84. The van der Waals surface area contributed by atoms with Crippen molar-refractivity contribution >= 4 is 41.4 Å². The van der Waals surface area contributed by atoms with Crippen LogP contribution in [0.5, 0.6) is 0 Å². The molecule has 0 spiro atoms. The largest absolute Gasteiger partial charge is 0.450 e. The van der Waals surface area contributed by atoms with Gasteiger partial charge in [0, 0.05) is 42.9 Å². The number of amides is 4. The maximum atomic E-state index is 12.0. The van der Waals surface area contributed by atoms with E-state index in [1.54, 1.807) is 0 Å². The summed E-state index contributed by atoms with van der Waals surface area (Å²) in [5, 5.41) is 12.0. The lowest BCUT2D eigenvalue weighted by Crippen LogP contribution is -2.36. The van der Waals surface area contributed by atoms with E-state index in [4.69, 9.17) is 4.74 Å². The summed E-state index contributed by atoms with van der Waals surface area (Å²) in [6.45, 7) is 1.31. The van der Waals surface area contributed by atoms with Crippen LogP contribution < -0.4 is 21.3 Å². The second-order valence-electron chi connectivity index (χ2n) is 9.55. The van der Waals surface area contributed by atoms with Crippen LogP contribution in [0.4, 0.5) is 9.59 Å². The Morgan fingerprint density at radius 3 is 2.57 bits per heavy atom. The van der Waals surface area contributed by atoms with Crippen LogP contribution in [0, 0.1) is 5.92 Å². The quantitative estimate of drug-likeness (QED) is 0.159. The standard InChI is InChI=1S/C24H38N4O6S/c29-17-10-9-16(19(30)14-17)6-5-13-34-24(33)26-12-4-3-11-25-21(31)8-2-1-7-20-22-18(15-35-20)27-23(32)28-22/h16,18,20,22H,1-15H2,(H,25,31)(H,26,33)(H2,27,28,32)/t16?,18-,20-,22-/m0/s1. The number of hydrogen-bond acceptors (Lipinski definition) is 7. The molecule has 196 valence electrons. The molecule has 1 saturated carbocycles. The summed E-state index contributed by atoms with van der Waals surface area (Å²) in [5.74, 6) is 0.951. The molecule has 4 atom stereocenters. The SMILES string of the molecule is O=C1CCC(CCCOC(=O)NCCCCNC(=O)CCCC[C@@H]2SC[C@@H]3NC(=O)N[C@@H]32)C(=O)C1. The zero-order chi connectivity index (χ0) is 25.0. The first-order valence-electron chi connectivity index (χ1n) is 12.8. The van der Waals surface area contributed by atoms with Gasteiger partial charge in [-0.2, -0.15) is 11.8 Å². The minimum absolute atomic E-state index is 0.0111. The second kappa shape index (κ2) is 14.3. The highest BCUT2D eigenvalue weighted by molar-refractivity contribution is 8.00. The van der Waals surface area contributed by atoms with E-state index >= 15 is 0 Å². The van der Waals surface area contributed by atoms with Gasteiger partial charge in [0.2, 0.25) is 5.91 Å². The molecule has 3 fully saturated rings. The molecule has 0 radical (unpaired) electrons. The molecule has 10 nitrogen and oxygen atoms in total. The molecule has 1 aliphatic carbocycles. The Morgan fingerprint density at radius 2 is 1.77 bits per heavy atom. The van der Waals surface area contributed by atoms with Crippen LogP contribution in [0.25, 0.3) is 0 Å². The molecule has 1 unspecified atom stereocenters. The lowest BCUT2D eigenvalue weighted by molar-refractivity contribution is -0.133. The van der Waals surface area contributed by atoms with Gasteiger partial charge in [0.05, 0.1) is 25.1 Å². The van der Waals surface area contributed by atoms with Crippen LogP contribution in [0.3, 0.4) is 0 Å². The van der Waals surface area contributed by atoms with E-state index in [1.165, 1.54) is 0 Å². The number of ether oxygens (including phenoxy) is 1. The molecule has 0 aromatic rings. The number of rotatable bonds is 14. The zero-order valence-electron chi connectivity index (χ0n) is 20.3. The van der Waals surface area contributed by atoms with Gasteiger partial charge in [-0.15, -0.1) is 0 Å². The summed E-state index contributed by atoms with van der Waals surface area (Å²) >= 11 is 1.89. The maximum Gasteiger partial charge on any atom is 0.407 e. The van der Waals surface area contributed by atoms with Crippen LogP contribution in [0.15, 0.2) is 0 Å². The number of Topliss-reactive ketones (excluding diaryl/α,β-unsaturated/α-hetero) is 2. The van der Waals surface area contributed by atoms with E-state index in [0.29, 0.717) is 50.4 Å². The number of carbonyl (C=O) groups is 5. The van der Waals surface area contributed by atoms with Gasteiger partial charge in [-0.1, -0.05) is 6.42 Å². The molecule has 3 aliphatic rings. The third-order valence-corrected chi connectivity index (χ3v) is 8.31. The van der Waals surface area contributed by atoms with Crippen LogP contribution in [0.1, 0.15) is 70.6 Å². The van der Waals surface area contributed by atoms with E-state index in [1.807, 2.05) is 11.8 Å². The molecule has 0 aromatic heterocycles. The van der Waals surface area contributed by atoms with Gasteiger partial charge in [0.15, 0.2) is 0 Å². The third kappa shape index (κ3) is 9.35. The first-order chi connectivity index (χ1) is 16.9. The molecule has 2 saturated heterocycles. The Morgan fingerprint density at radius 1 is 0.971 bits per heavy atom. The van der Waals surface area contributed by atoms with Crippen molar-refractivity contribution in [1.29, 1.82) is 0 Å². The normalized spacial score (nSPS) is 25.5. The summed E-state index contributed by atoms with van der Waals surface area (Å²) in [5.41, 5.74) is 0. The number of unbranched alkanes of at least 4 members (excludes halogenated alkanes) is 2. The monoisotopic (exact) mass is 510 g/mol. The van der Waals surface area contributed by atoms with Crippen LogP contribution in [0.2, 0.25) is 0 Å². The first-order valence-corrected chi connectivity index (χ1v) is 13.9. The third-order valence-electron chi connectivity index (χ3n) is 6.80. The van der Waals surface area contributed by atoms with Crippen molar-refractivity contribution in [1.82, 2.24) is 21.3 Å². The highest BCUT2D eigenvalue weighted by Crippen LogP contribution is 2.33. The number of alkyl carbamates (subject to hydrolysis) is 1. The van der Waals surface area contributed by atoms with Crippen molar-refractivity contribution in [2.24, 2.45) is 5.92 Å². The molecule has 4 amide bonds. The molecule has 3 rings (SSSR count). The Labute approximate surface area is 210 Å². The summed E-state index contributed by atoms with van der Waals surface area (Å²) in [6.07, 6.45) is 6.73. The van der Waals surface area contributed by atoms with E-state index in [-0.39, 0.29) is 54.5 Å². The summed E-state index contributed by atoms with van der Waals surface area (Å²) < 4.78 is 5.13. The molecular weight excluding hydrogens is 472 g/mol. The van der Waals surface area contributed by atoms with Crippen molar-refractivity contribution in [2.75, 3.05) is 25.4 Å². The minimum Gasteiger partial charge on any atom is -0.450 e. The van der Waals surface area contributed by atoms with Gasteiger partial charge in [-0.05, 0) is 44.9 Å². The molecule has 4 N–H and O–H groups in total. The first kappa shape index (κ1) is 27.3. The van der Waals surface area contributed by atoms with Crippen LogP contribution in [-0.4, -0.2) is 72.4 Å². The highest BCUT2D eigenvalue weighted by atomic mass is 32.2. The number of thioether (sulfide) groups is 1. The zero-order valence-corrected chi connectivity index (χ0v) is 21.1. The number of nitrogens with one attached hydrogen (secondary N) is 4. The number of hydrogen-bond donors (Lipinski definition) is 4. The topological polar surface area (TPSA) is 143 Å². The fourth-order valence-electron chi connectivity index (χ4n) is 4.80. The summed E-state index contributed by atoms with van der Waals surface area (Å²) in [4.78, 5) is 58.1. The van der Waals surface area contributed by atoms with Gasteiger partial charge in [0.25, 0.3) is 0 Å². The van der Waals surface area contributed by atoms with Crippen molar-refractivity contribution in [3.63, 3.8) is 0 Å². The van der Waals surface area contributed by atoms with Crippen molar-refractivity contribution < 1.29 is 28.7 Å². The van der Waals surface area contributed by atoms with Crippen molar-refractivity contribution in [2.45, 2.75) is 88.0 Å². The van der Waals surface area contributed by atoms with Crippen LogP contribution in [-0.2, 0) is 19.1 Å². The maximum absolute atomic E-state index is 12.0. The lowest BCUT2D eigenvalue weighted by Gasteiger charge is -2.19. The fraction of sp³-hybridized carbons (Fsp3) is 0.792. The summed E-state index contributed by atoms with van der Waals surface area (Å²) in [7, 11) is 0. The van der Waals surface area contributed by atoms with Gasteiger partial charge in [0.1, 0.15) is 11.6 Å². The average Bonchev–Trinajstić information content (AvgIpc) is 3.37. The number of ketones is 2. The van der Waals surface area contributed by atoms with E-state index in [2.05, 4.69) is 21.3 Å². The average molecular weight is 511 g/mol. The molecule has 2 aliphatic heterocycles. The fourth-order valence-corrected chi connectivity index (χ4v) is 6.35. The molecule has 0 bridgehead atoms. The van der Waals surface area contributed by atoms with E-state index in [9.17, 15) is 24.0 Å². The predicted octanol–water partition coefficient (Wildman–Crippen LogP) is 2.05. The van der Waals surface area contributed by atoms with Crippen LogP contribution >= 0.6 is 11.8 Å². The van der Waals surface area contributed by atoms with Gasteiger partial charge in [-0.25, -0.2) is 9.59 Å². The number of urea groups is 1. The molecule has 2 heterocycles. The predicted molar refractivity (Wildman–Crippen MR) is 132 cm³/mol. The van der Waals surface area contributed by atoms with Crippen molar-refractivity contribution in [3.8, 4) is 0 Å². The molecule has 35 heavy (non-hydrogen) atoms. The number of fused-ring (bicyclic) bond motifs is 1. The Hall–Kier alpha value is -2.30. The molecular formula is C24H38N4O6S. The number of carbonyl (C=O) groups excluding carboxylic acids is 5. The summed E-state index contributed by atoms with van der Waals surface area (Å²) in [6, 6.07) is 0.387. The van der Waals surface area contributed by atoms with Crippen molar-refractivity contribution in [3.05, 3.63) is 0 Å². The highest BCUT2D eigenvalue weighted by Gasteiger charge is 2.42. The van der Waals surface area contributed by atoms with Gasteiger partial charge >= 0.3 is 12.1 Å². The second-order valence-corrected chi connectivity index (χ2v) is 10.8. The Bertz CT molecular complexity index is 779. The smallest absolute Gasteiger partial charge is 0.407 e. The molecule has 11 heteroatoms. The van der Waals surface area contributed by atoms with Gasteiger partial charge in [-0.3, -0.25) is 14.4 Å². The minimum atomic E-state index is -0.473. The Kier molecular flexibility index (Phi) is 11.2. The van der Waals surface area contributed by atoms with E-state index in [0.717, 1.165) is 37.9 Å². The van der Waals surface area contributed by atoms with Gasteiger partial charge < -0.3 is 26.0 Å². The van der Waals surface area contributed by atoms with E-state index < -0.39 is 6.09 Å². The molecule has 0 aromatic carbocycles. The Balaban J connectivity index is 1.09.